The zero-order valence-corrected chi connectivity index (χ0v) is 12.1. The lowest BCUT2D eigenvalue weighted by molar-refractivity contribution is 0.659. The van der Waals surface area contributed by atoms with Crippen LogP contribution < -0.4 is 5.32 Å². The van der Waals surface area contributed by atoms with Gasteiger partial charge in [-0.1, -0.05) is 31.5 Å². The van der Waals surface area contributed by atoms with Gasteiger partial charge in [-0.25, -0.2) is 0 Å². The number of rotatable bonds is 8. The molecule has 1 fully saturated rings. The van der Waals surface area contributed by atoms with Gasteiger partial charge in [0.05, 0.1) is 0 Å². The van der Waals surface area contributed by atoms with Crippen molar-refractivity contribution < 1.29 is 0 Å². The second-order valence-corrected chi connectivity index (χ2v) is 6.15. The standard InChI is InChI=1S/C12H24N2S2/c1-3-11-10-16-12(14-11)13-8-6-4-5-7-9-15-2/h11H,3-10H2,1-2H3,(H,13,14). The number of amidine groups is 1. The van der Waals surface area contributed by atoms with E-state index >= 15 is 0 Å². The van der Waals surface area contributed by atoms with Gasteiger partial charge >= 0.3 is 0 Å². The minimum absolute atomic E-state index is 0.658. The number of aliphatic imine (C=N–C) groups is 1. The maximum atomic E-state index is 4.60. The second-order valence-electron chi connectivity index (χ2n) is 4.15. The first kappa shape index (κ1) is 14.2. The molecule has 0 saturated carbocycles. The predicted molar refractivity (Wildman–Crippen MR) is 78.8 cm³/mol. The summed E-state index contributed by atoms with van der Waals surface area (Å²) in [7, 11) is 0. The van der Waals surface area contributed by atoms with E-state index in [1.165, 1.54) is 48.8 Å². The summed E-state index contributed by atoms with van der Waals surface area (Å²) in [6, 6.07) is 0.658. The van der Waals surface area contributed by atoms with E-state index in [1.54, 1.807) is 0 Å². The lowest BCUT2D eigenvalue weighted by Gasteiger charge is -2.04. The molecule has 2 nitrogen and oxygen atoms in total. The van der Waals surface area contributed by atoms with Gasteiger partial charge in [0.25, 0.3) is 0 Å². The van der Waals surface area contributed by atoms with E-state index in [9.17, 15) is 0 Å². The molecule has 0 amide bonds. The SMILES string of the molecule is CCC1CSC(=NCCCCCCSC)N1. The van der Waals surface area contributed by atoms with Gasteiger partial charge in [-0.3, -0.25) is 4.99 Å². The van der Waals surface area contributed by atoms with Crippen LogP contribution in [0.2, 0.25) is 0 Å². The summed E-state index contributed by atoms with van der Waals surface area (Å²) in [5.41, 5.74) is 0. The molecular formula is C12H24N2S2. The Morgan fingerprint density at radius 3 is 2.88 bits per heavy atom. The van der Waals surface area contributed by atoms with Crippen molar-refractivity contribution in [2.24, 2.45) is 4.99 Å². The summed E-state index contributed by atoms with van der Waals surface area (Å²) in [6.07, 6.45) is 8.70. The molecule has 0 aliphatic carbocycles. The summed E-state index contributed by atoms with van der Waals surface area (Å²) in [6.45, 7) is 3.23. The predicted octanol–water partition coefficient (Wildman–Crippen LogP) is 3.38. The molecule has 0 aromatic rings. The fourth-order valence-electron chi connectivity index (χ4n) is 1.64. The Kier molecular flexibility index (Phi) is 8.21. The Labute approximate surface area is 108 Å². The Morgan fingerprint density at radius 2 is 2.19 bits per heavy atom. The third-order valence-corrected chi connectivity index (χ3v) is 4.54. The fraction of sp³-hybridized carbons (Fsp3) is 0.917. The van der Waals surface area contributed by atoms with Crippen molar-refractivity contribution in [3.8, 4) is 0 Å². The molecule has 0 aromatic heterocycles. The Bertz CT molecular complexity index is 207. The number of unbranched alkanes of at least 4 members (excludes halogenated alkanes) is 3. The maximum absolute atomic E-state index is 4.60. The highest BCUT2D eigenvalue weighted by atomic mass is 32.2. The van der Waals surface area contributed by atoms with Crippen molar-refractivity contribution >= 4 is 28.7 Å². The van der Waals surface area contributed by atoms with Gasteiger partial charge < -0.3 is 5.32 Å². The molecule has 1 aliphatic rings. The van der Waals surface area contributed by atoms with Crippen LogP contribution in [-0.2, 0) is 0 Å². The van der Waals surface area contributed by atoms with Gasteiger partial charge in [-0.05, 0) is 31.3 Å². The quantitative estimate of drug-likeness (QED) is 0.677. The van der Waals surface area contributed by atoms with E-state index in [-0.39, 0.29) is 0 Å². The normalized spacial score (nSPS) is 22.6. The topological polar surface area (TPSA) is 24.4 Å². The van der Waals surface area contributed by atoms with Gasteiger partial charge in [-0.15, -0.1) is 0 Å². The van der Waals surface area contributed by atoms with Crippen LogP contribution in [0.4, 0.5) is 0 Å². The van der Waals surface area contributed by atoms with Crippen molar-refractivity contribution in [1.82, 2.24) is 5.32 Å². The third-order valence-electron chi connectivity index (χ3n) is 2.75. The van der Waals surface area contributed by atoms with E-state index in [0.29, 0.717) is 6.04 Å². The smallest absolute Gasteiger partial charge is 0.156 e. The van der Waals surface area contributed by atoms with Crippen LogP contribution in [-0.4, -0.2) is 35.5 Å². The highest BCUT2D eigenvalue weighted by molar-refractivity contribution is 8.14. The maximum Gasteiger partial charge on any atom is 0.156 e. The van der Waals surface area contributed by atoms with Crippen LogP contribution in [0.3, 0.4) is 0 Å². The fourth-order valence-corrected chi connectivity index (χ4v) is 3.24. The van der Waals surface area contributed by atoms with E-state index in [0.717, 1.165) is 6.54 Å². The highest BCUT2D eigenvalue weighted by Crippen LogP contribution is 2.15. The average Bonchev–Trinajstić information content (AvgIpc) is 2.76. The van der Waals surface area contributed by atoms with E-state index in [2.05, 4.69) is 23.5 Å². The van der Waals surface area contributed by atoms with Crippen LogP contribution in [0.1, 0.15) is 39.0 Å². The molecule has 4 heteroatoms. The lowest BCUT2D eigenvalue weighted by atomic mass is 10.2. The van der Waals surface area contributed by atoms with Crippen LogP contribution in [0.25, 0.3) is 0 Å². The van der Waals surface area contributed by atoms with E-state index in [4.69, 9.17) is 0 Å². The minimum Gasteiger partial charge on any atom is -0.361 e. The first-order chi connectivity index (χ1) is 7.86. The van der Waals surface area contributed by atoms with Crippen molar-refractivity contribution in [3.63, 3.8) is 0 Å². The first-order valence-electron chi connectivity index (χ1n) is 6.29. The molecule has 16 heavy (non-hydrogen) atoms. The molecule has 1 atom stereocenters. The molecule has 1 N–H and O–H groups in total. The zero-order valence-electron chi connectivity index (χ0n) is 10.5. The zero-order chi connectivity index (χ0) is 11.6. The third kappa shape index (κ3) is 6.04. The highest BCUT2D eigenvalue weighted by Gasteiger charge is 2.17. The summed E-state index contributed by atoms with van der Waals surface area (Å²) in [5.74, 6) is 2.51. The van der Waals surface area contributed by atoms with Crippen molar-refractivity contribution in [2.75, 3.05) is 24.3 Å². The van der Waals surface area contributed by atoms with E-state index < -0.39 is 0 Å². The molecule has 1 heterocycles. The average molecular weight is 260 g/mol. The number of hydrogen-bond donors (Lipinski definition) is 1. The molecule has 0 aromatic carbocycles. The largest absolute Gasteiger partial charge is 0.361 e. The molecule has 1 saturated heterocycles. The van der Waals surface area contributed by atoms with Gasteiger partial charge in [0.15, 0.2) is 5.17 Å². The summed E-state index contributed by atoms with van der Waals surface area (Å²) < 4.78 is 0. The van der Waals surface area contributed by atoms with Crippen molar-refractivity contribution in [2.45, 2.75) is 45.1 Å². The summed E-state index contributed by atoms with van der Waals surface area (Å²) >= 11 is 3.83. The van der Waals surface area contributed by atoms with Crippen LogP contribution in [0.5, 0.6) is 0 Å². The monoisotopic (exact) mass is 260 g/mol. The molecule has 1 unspecified atom stereocenters. The molecule has 0 radical (unpaired) electrons. The molecule has 1 aliphatic heterocycles. The second kappa shape index (κ2) is 9.23. The van der Waals surface area contributed by atoms with Crippen molar-refractivity contribution in [3.05, 3.63) is 0 Å². The Balaban J connectivity index is 1.96. The van der Waals surface area contributed by atoms with Gasteiger partial charge in [0.2, 0.25) is 0 Å². The van der Waals surface area contributed by atoms with Crippen molar-refractivity contribution in [1.29, 1.82) is 0 Å². The Hall–Kier alpha value is 0.170. The van der Waals surface area contributed by atoms with Crippen LogP contribution in [0.15, 0.2) is 4.99 Å². The molecular weight excluding hydrogens is 236 g/mol. The lowest BCUT2D eigenvalue weighted by Crippen LogP contribution is -2.25. The summed E-state index contributed by atoms with van der Waals surface area (Å²) in [4.78, 5) is 4.60. The summed E-state index contributed by atoms with van der Waals surface area (Å²) in [5, 5.41) is 4.64. The minimum atomic E-state index is 0.658. The van der Waals surface area contributed by atoms with Gasteiger partial charge in [-0.2, -0.15) is 11.8 Å². The molecule has 94 valence electrons. The van der Waals surface area contributed by atoms with Gasteiger partial charge in [0, 0.05) is 18.3 Å². The molecule has 0 bridgehead atoms. The van der Waals surface area contributed by atoms with Crippen LogP contribution in [0, 0.1) is 0 Å². The van der Waals surface area contributed by atoms with Crippen LogP contribution >= 0.6 is 23.5 Å². The number of nitrogens with one attached hydrogen (secondary N) is 1. The Morgan fingerprint density at radius 1 is 1.38 bits per heavy atom. The van der Waals surface area contributed by atoms with E-state index in [1.807, 2.05) is 23.5 Å². The number of nitrogens with zero attached hydrogens (tertiary/aromatic N) is 1. The first-order valence-corrected chi connectivity index (χ1v) is 8.67. The number of thioether (sulfide) groups is 2. The molecule has 0 spiro atoms. The molecule has 1 rings (SSSR count). The number of hydrogen-bond acceptors (Lipinski definition) is 3. The van der Waals surface area contributed by atoms with Gasteiger partial charge in [0.1, 0.15) is 0 Å².